The van der Waals surface area contributed by atoms with Gasteiger partial charge in [0.25, 0.3) is 0 Å². The quantitative estimate of drug-likeness (QED) is 0.186. The van der Waals surface area contributed by atoms with E-state index < -0.39 is 0 Å². The molecule has 0 bridgehead atoms. The van der Waals surface area contributed by atoms with Crippen LogP contribution < -0.4 is 4.74 Å². The maximum Gasteiger partial charge on any atom is 0.164 e. The summed E-state index contributed by atoms with van der Waals surface area (Å²) in [4.78, 5) is 14.7. The lowest BCUT2D eigenvalue weighted by molar-refractivity contribution is 0.487. The van der Waals surface area contributed by atoms with Gasteiger partial charge >= 0.3 is 0 Å². The van der Waals surface area contributed by atoms with Gasteiger partial charge < -0.3 is 4.74 Å². The van der Waals surface area contributed by atoms with Crippen molar-refractivity contribution in [3.63, 3.8) is 0 Å². The van der Waals surface area contributed by atoms with Crippen LogP contribution in [0.15, 0.2) is 176 Å². The summed E-state index contributed by atoms with van der Waals surface area (Å²) in [6, 6.07) is 61.1. The van der Waals surface area contributed by atoms with E-state index in [2.05, 4.69) is 109 Å². The first-order valence-electron chi connectivity index (χ1n) is 17.1. The molecule has 1 aliphatic heterocycles. The Bertz CT molecular complexity index is 2700. The van der Waals surface area contributed by atoms with Crippen LogP contribution in [0.4, 0.5) is 0 Å². The predicted octanol–water partition coefficient (Wildman–Crippen LogP) is 12.3. The van der Waals surface area contributed by atoms with Crippen molar-refractivity contribution in [2.24, 2.45) is 0 Å². The molecule has 9 aromatic rings. The number of rotatable bonds is 5. The Hall–Kier alpha value is -6.91. The molecule has 1 aromatic heterocycles. The minimum atomic E-state index is 0.647. The standard InChI is InChI=1S/C47H29N3O/c1-4-11-30(12-5-1)35-23-24-39-41-18-10-17-40-38(25-26-42(44(40)41)51-43(39)29-35)36-21-19-34-28-37(22-20-33(34)27-36)47-49-45(31-13-6-2-7-14-31)48-46(50-47)32-15-8-3-9-16-32/h1-29H. The van der Waals surface area contributed by atoms with Gasteiger partial charge in [0, 0.05) is 27.6 Å². The number of aromatic nitrogens is 3. The monoisotopic (exact) mass is 651 g/mol. The molecule has 0 saturated carbocycles. The van der Waals surface area contributed by atoms with Gasteiger partial charge in [0.1, 0.15) is 11.5 Å². The maximum atomic E-state index is 6.58. The normalized spacial score (nSPS) is 11.7. The first-order chi connectivity index (χ1) is 25.2. The van der Waals surface area contributed by atoms with Gasteiger partial charge in [0.05, 0.1) is 0 Å². The fourth-order valence-electron chi connectivity index (χ4n) is 7.18. The summed E-state index contributed by atoms with van der Waals surface area (Å²) in [5.41, 5.74) is 9.80. The lowest BCUT2D eigenvalue weighted by Crippen LogP contribution is -2.00. The number of hydrogen-bond donors (Lipinski definition) is 0. The molecule has 0 spiro atoms. The maximum absolute atomic E-state index is 6.58. The van der Waals surface area contributed by atoms with Crippen LogP contribution in [0, 0.1) is 0 Å². The molecule has 0 fully saturated rings. The number of fused-ring (bicyclic) bond motifs is 3. The van der Waals surface area contributed by atoms with E-state index in [0.717, 1.165) is 61.0 Å². The van der Waals surface area contributed by atoms with E-state index in [4.69, 9.17) is 19.7 Å². The summed E-state index contributed by atoms with van der Waals surface area (Å²) in [5, 5.41) is 4.58. The van der Waals surface area contributed by atoms with Crippen LogP contribution in [0.3, 0.4) is 0 Å². The first kappa shape index (κ1) is 29.0. The van der Waals surface area contributed by atoms with Crippen molar-refractivity contribution in [1.82, 2.24) is 15.0 Å². The van der Waals surface area contributed by atoms with Crippen molar-refractivity contribution in [2.45, 2.75) is 0 Å². The van der Waals surface area contributed by atoms with Crippen molar-refractivity contribution >= 4 is 21.5 Å². The summed E-state index contributed by atoms with van der Waals surface area (Å²) in [6.07, 6.45) is 0. The average molecular weight is 652 g/mol. The Morgan fingerprint density at radius 1 is 0.314 bits per heavy atom. The van der Waals surface area contributed by atoms with Gasteiger partial charge in [-0.2, -0.15) is 0 Å². The van der Waals surface area contributed by atoms with E-state index in [1.54, 1.807) is 0 Å². The highest BCUT2D eigenvalue weighted by atomic mass is 16.5. The zero-order valence-corrected chi connectivity index (χ0v) is 27.5. The highest BCUT2D eigenvalue weighted by Gasteiger charge is 2.22. The molecule has 0 radical (unpaired) electrons. The molecule has 238 valence electrons. The van der Waals surface area contributed by atoms with E-state index in [0.29, 0.717) is 17.5 Å². The average Bonchev–Trinajstić information content (AvgIpc) is 3.21. The number of nitrogens with zero attached hydrogens (tertiary/aromatic N) is 3. The third-order valence-electron chi connectivity index (χ3n) is 9.71. The Morgan fingerprint density at radius 3 is 1.53 bits per heavy atom. The van der Waals surface area contributed by atoms with E-state index in [-0.39, 0.29) is 0 Å². The second kappa shape index (κ2) is 11.9. The molecule has 0 saturated heterocycles. The van der Waals surface area contributed by atoms with Gasteiger partial charge in [0.15, 0.2) is 17.5 Å². The summed E-state index contributed by atoms with van der Waals surface area (Å²) in [7, 11) is 0. The second-order valence-electron chi connectivity index (χ2n) is 12.8. The van der Waals surface area contributed by atoms with Gasteiger partial charge in [-0.3, -0.25) is 0 Å². The van der Waals surface area contributed by atoms with Crippen LogP contribution >= 0.6 is 0 Å². The van der Waals surface area contributed by atoms with Crippen LogP contribution in [-0.2, 0) is 0 Å². The smallest absolute Gasteiger partial charge is 0.164 e. The zero-order chi connectivity index (χ0) is 33.7. The molecular weight excluding hydrogens is 623 g/mol. The fourth-order valence-corrected chi connectivity index (χ4v) is 7.18. The van der Waals surface area contributed by atoms with Gasteiger partial charge in [-0.25, -0.2) is 15.0 Å². The third kappa shape index (κ3) is 5.13. The van der Waals surface area contributed by atoms with E-state index in [1.807, 2.05) is 66.7 Å². The lowest BCUT2D eigenvalue weighted by atomic mass is 9.89. The predicted molar refractivity (Wildman–Crippen MR) is 208 cm³/mol. The molecule has 0 atom stereocenters. The van der Waals surface area contributed by atoms with Crippen LogP contribution in [0.5, 0.6) is 11.5 Å². The molecule has 4 nitrogen and oxygen atoms in total. The lowest BCUT2D eigenvalue weighted by Gasteiger charge is -2.23. The van der Waals surface area contributed by atoms with E-state index >= 15 is 0 Å². The summed E-state index contributed by atoms with van der Waals surface area (Å²) < 4.78 is 6.58. The molecule has 1 aliphatic rings. The topological polar surface area (TPSA) is 47.9 Å². The van der Waals surface area contributed by atoms with Crippen molar-refractivity contribution in [3.8, 4) is 79.0 Å². The van der Waals surface area contributed by atoms with Crippen LogP contribution in [-0.4, -0.2) is 15.0 Å². The molecule has 0 amide bonds. The van der Waals surface area contributed by atoms with Crippen molar-refractivity contribution in [3.05, 3.63) is 176 Å². The fraction of sp³-hybridized carbons (Fsp3) is 0. The minimum absolute atomic E-state index is 0.647. The first-order valence-corrected chi connectivity index (χ1v) is 17.1. The molecule has 8 aromatic carbocycles. The molecule has 2 heterocycles. The van der Waals surface area contributed by atoms with Gasteiger partial charge in [-0.05, 0) is 74.3 Å². The Labute approximate surface area is 295 Å². The SMILES string of the molecule is c1ccc(-c2ccc3c(c2)Oc2ccc(-c4ccc5cc(-c6nc(-c7ccccc7)nc(-c7ccccc7)n6)ccc5c4)c4cccc-3c24)cc1. The van der Waals surface area contributed by atoms with Crippen molar-refractivity contribution < 1.29 is 4.74 Å². The van der Waals surface area contributed by atoms with Crippen LogP contribution in [0.1, 0.15) is 0 Å². The van der Waals surface area contributed by atoms with Crippen molar-refractivity contribution in [2.75, 3.05) is 0 Å². The van der Waals surface area contributed by atoms with E-state index in [9.17, 15) is 0 Å². The summed E-state index contributed by atoms with van der Waals surface area (Å²) in [5.74, 6) is 3.72. The molecular formula is C47H29N3O. The van der Waals surface area contributed by atoms with Gasteiger partial charge in [0.2, 0.25) is 0 Å². The molecule has 4 heteroatoms. The van der Waals surface area contributed by atoms with Gasteiger partial charge in [-0.1, -0.05) is 146 Å². The third-order valence-corrected chi connectivity index (χ3v) is 9.71. The van der Waals surface area contributed by atoms with Crippen LogP contribution in [0.2, 0.25) is 0 Å². The number of benzene rings is 8. The van der Waals surface area contributed by atoms with Crippen LogP contribution in [0.25, 0.3) is 89.1 Å². The summed E-state index contributed by atoms with van der Waals surface area (Å²) >= 11 is 0. The minimum Gasteiger partial charge on any atom is -0.456 e. The molecule has 10 rings (SSSR count). The van der Waals surface area contributed by atoms with E-state index in [1.165, 1.54) is 22.1 Å². The summed E-state index contributed by atoms with van der Waals surface area (Å²) in [6.45, 7) is 0. The molecule has 51 heavy (non-hydrogen) atoms. The largest absolute Gasteiger partial charge is 0.456 e. The Morgan fingerprint density at radius 2 is 0.863 bits per heavy atom. The number of ether oxygens (including phenoxy) is 1. The molecule has 0 N–H and O–H groups in total. The molecule has 0 unspecified atom stereocenters. The zero-order valence-electron chi connectivity index (χ0n) is 27.5. The highest BCUT2D eigenvalue weighted by Crippen LogP contribution is 2.49. The second-order valence-corrected chi connectivity index (χ2v) is 12.8. The molecule has 0 aliphatic carbocycles. The van der Waals surface area contributed by atoms with Gasteiger partial charge in [-0.15, -0.1) is 0 Å². The number of hydrogen-bond acceptors (Lipinski definition) is 4. The van der Waals surface area contributed by atoms with Crippen molar-refractivity contribution in [1.29, 1.82) is 0 Å². The Balaban J connectivity index is 1.04. The highest BCUT2D eigenvalue weighted by molar-refractivity contribution is 6.10. The Kier molecular flexibility index (Phi) is 6.78.